The van der Waals surface area contributed by atoms with Crippen LogP contribution < -0.4 is 21.7 Å². The lowest BCUT2D eigenvalue weighted by Crippen LogP contribution is -2.38. The molecular formula is C13H20N4O2. The number of carbonyl (C=O) groups excluding carboxylic acids is 2. The normalized spacial score (nSPS) is 10.0. The van der Waals surface area contributed by atoms with Crippen LogP contribution in [0.1, 0.15) is 24.2 Å². The lowest BCUT2D eigenvalue weighted by molar-refractivity contribution is -0.119. The van der Waals surface area contributed by atoms with E-state index in [2.05, 4.69) is 5.32 Å². The van der Waals surface area contributed by atoms with Crippen LogP contribution in [0.5, 0.6) is 0 Å². The Morgan fingerprint density at radius 1 is 1.32 bits per heavy atom. The highest BCUT2D eigenvalue weighted by Crippen LogP contribution is 2.22. The predicted octanol–water partition coefficient (Wildman–Crippen LogP) is 0.330. The first-order valence-electron chi connectivity index (χ1n) is 6.20. The van der Waals surface area contributed by atoms with Gasteiger partial charge in [-0.15, -0.1) is 0 Å². The Morgan fingerprint density at radius 2 is 2.00 bits per heavy atom. The Hall–Kier alpha value is -2.24. The minimum Gasteiger partial charge on any atom is -0.399 e. The first-order chi connectivity index (χ1) is 8.99. The van der Waals surface area contributed by atoms with Gasteiger partial charge in [-0.25, -0.2) is 0 Å². The molecular weight excluding hydrogens is 244 g/mol. The van der Waals surface area contributed by atoms with Crippen molar-refractivity contribution in [1.29, 1.82) is 0 Å². The number of hydrogen-bond donors (Lipinski definition) is 3. The maximum atomic E-state index is 11.6. The molecule has 0 aliphatic carbocycles. The van der Waals surface area contributed by atoms with Gasteiger partial charge in [0.1, 0.15) is 0 Å². The van der Waals surface area contributed by atoms with E-state index >= 15 is 0 Å². The van der Waals surface area contributed by atoms with Crippen LogP contribution in [-0.2, 0) is 4.79 Å². The van der Waals surface area contributed by atoms with Gasteiger partial charge in [-0.3, -0.25) is 9.59 Å². The fraction of sp³-hybridized carbons (Fsp3) is 0.385. The van der Waals surface area contributed by atoms with Gasteiger partial charge in [0.15, 0.2) is 0 Å². The van der Waals surface area contributed by atoms with Gasteiger partial charge in [0.2, 0.25) is 5.91 Å². The number of rotatable bonds is 6. The molecule has 6 nitrogen and oxygen atoms in total. The molecule has 104 valence electrons. The number of primary amides is 1. The van der Waals surface area contributed by atoms with Gasteiger partial charge in [-0.05, 0) is 32.0 Å². The molecule has 0 aliphatic heterocycles. The molecule has 0 saturated heterocycles. The van der Waals surface area contributed by atoms with Crippen molar-refractivity contribution in [3.63, 3.8) is 0 Å². The summed E-state index contributed by atoms with van der Waals surface area (Å²) < 4.78 is 0. The quantitative estimate of drug-likeness (QED) is 0.644. The summed E-state index contributed by atoms with van der Waals surface area (Å²) in [7, 11) is 0. The molecule has 6 heteroatoms. The van der Waals surface area contributed by atoms with E-state index in [1.165, 1.54) is 6.07 Å². The molecule has 2 amide bonds. The van der Waals surface area contributed by atoms with E-state index < -0.39 is 5.91 Å². The maximum absolute atomic E-state index is 11.6. The van der Waals surface area contributed by atoms with Crippen molar-refractivity contribution in [2.75, 3.05) is 30.3 Å². The molecule has 0 bridgehead atoms. The molecule has 1 rings (SSSR count). The number of nitrogens with zero attached hydrogens (tertiary/aromatic N) is 1. The lowest BCUT2D eigenvalue weighted by Gasteiger charge is -2.24. The Balaban J connectivity index is 3.04. The molecule has 0 aliphatic rings. The van der Waals surface area contributed by atoms with Crippen molar-refractivity contribution < 1.29 is 9.59 Å². The highest BCUT2D eigenvalue weighted by molar-refractivity contribution is 6.00. The molecule has 1 aromatic carbocycles. The Kier molecular flexibility index (Phi) is 5.17. The summed E-state index contributed by atoms with van der Waals surface area (Å²) >= 11 is 0. The van der Waals surface area contributed by atoms with E-state index in [4.69, 9.17) is 11.5 Å². The summed E-state index contributed by atoms with van der Waals surface area (Å²) in [5, 5.41) is 2.72. The van der Waals surface area contributed by atoms with E-state index in [0.717, 1.165) is 0 Å². The van der Waals surface area contributed by atoms with Crippen molar-refractivity contribution in [1.82, 2.24) is 5.32 Å². The second-order valence-electron chi connectivity index (χ2n) is 4.11. The molecule has 0 radical (unpaired) electrons. The molecule has 0 fully saturated rings. The van der Waals surface area contributed by atoms with Crippen LogP contribution in [0.25, 0.3) is 0 Å². The number of likely N-dealkylation sites (N-methyl/N-ethyl adjacent to an activating group) is 2. The third kappa shape index (κ3) is 3.87. The number of nitrogen functional groups attached to an aromatic ring is 1. The number of anilines is 2. The minimum atomic E-state index is -0.559. The van der Waals surface area contributed by atoms with Gasteiger partial charge >= 0.3 is 0 Å². The molecule has 5 N–H and O–H groups in total. The van der Waals surface area contributed by atoms with Gasteiger partial charge in [-0.1, -0.05) is 0 Å². The second kappa shape index (κ2) is 6.63. The Bertz CT molecular complexity index is 474. The SMILES string of the molecule is CCNC(=O)CN(CC)c1ccc(N)cc1C(N)=O. The maximum Gasteiger partial charge on any atom is 0.250 e. The summed E-state index contributed by atoms with van der Waals surface area (Å²) in [5.74, 6) is -0.659. The number of nitrogens with two attached hydrogens (primary N) is 2. The fourth-order valence-corrected chi connectivity index (χ4v) is 1.82. The highest BCUT2D eigenvalue weighted by Gasteiger charge is 2.16. The molecule has 1 aromatic rings. The van der Waals surface area contributed by atoms with E-state index in [1.807, 2.05) is 13.8 Å². The van der Waals surface area contributed by atoms with Gasteiger partial charge in [0.25, 0.3) is 5.91 Å². The van der Waals surface area contributed by atoms with Crippen LogP contribution in [0.2, 0.25) is 0 Å². The average Bonchev–Trinajstić information content (AvgIpc) is 2.36. The zero-order chi connectivity index (χ0) is 14.4. The van der Waals surface area contributed by atoms with Crippen LogP contribution >= 0.6 is 0 Å². The zero-order valence-corrected chi connectivity index (χ0v) is 11.3. The highest BCUT2D eigenvalue weighted by atomic mass is 16.2. The van der Waals surface area contributed by atoms with Crippen molar-refractivity contribution in [2.24, 2.45) is 5.73 Å². The van der Waals surface area contributed by atoms with Gasteiger partial charge in [0.05, 0.1) is 17.8 Å². The van der Waals surface area contributed by atoms with Crippen LogP contribution in [0.4, 0.5) is 11.4 Å². The van der Waals surface area contributed by atoms with Gasteiger partial charge in [0, 0.05) is 18.8 Å². The summed E-state index contributed by atoms with van der Waals surface area (Å²) in [6, 6.07) is 4.92. The molecule has 19 heavy (non-hydrogen) atoms. The Morgan fingerprint density at radius 3 is 2.53 bits per heavy atom. The third-order valence-electron chi connectivity index (χ3n) is 2.72. The first-order valence-corrected chi connectivity index (χ1v) is 6.20. The van der Waals surface area contributed by atoms with E-state index in [0.29, 0.717) is 30.0 Å². The predicted molar refractivity (Wildman–Crippen MR) is 75.9 cm³/mol. The number of nitrogens with one attached hydrogen (secondary N) is 1. The standard InChI is InChI=1S/C13H20N4O2/c1-3-16-12(18)8-17(4-2)11-6-5-9(14)7-10(11)13(15)19/h5-7H,3-4,8,14H2,1-2H3,(H2,15,19)(H,16,18). The van der Waals surface area contributed by atoms with E-state index in [-0.39, 0.29) is 12.5 Å². The number of hydrogen-bond acceptors (Lipinski definition) is 4. The minimum absolute atomic E-state index is 0.100. The molecule has 0 heterocycles. The number of benzene rings is 1. The van der Waals surface area contributed by atoms with Crippen LogP contribution in [0, 0.1) is 0 Å². The van der Waals surface area contributed by atoms with Crippen LogP contribution in [0.15, 0.2) is 18.2 Å². The lowest BCUT2D eigenvalue weighted by atomic mass is 10.1. The smallest absolute Gasteiger partial charge is 0.250 e. The van der Waals surface area contributed by atoms with E-state index in [1.54, 1.807) is 17.0 Å². The Labute approximate surface area is 112 Å². The monoisotopic (exact) mass is 264 g/mol. The molecule has 0 aromatic heterocycles. The molecule has 0 saturated carbocycles. The van der Waals surface area contributed by atoms with Gasteiger partial charge < -0.3 is 21.7 Å². The summed E-state index contributed by atoms with van der Waals surface area (Å²) in [6.07, 6.45) is 0. The third-order valence-corrected chi connectivity index (χ3v) is 2.72. The van der Waals surface area contributed by atoms with Crippen molar-refractivity contribution in [2.45, 2.75) is 13.8 Å². The van der Waals surface area contributed by atoms with E-state index in [9.17, 15) is 9.59 Å². The largest absolute Gasteiger partial charge is 0.399 e. The van der Waals surface area contributed by atoms with Gasteiger partial charge in [-0.2, -0.15) is 0 Å². The summed E-state index contributed by atoms with van der Waals surface area (Å²) in [6.45, 7) is 5.09. The van der Waals surface area contributed by atoms with Crippen molar-refractivity contribution in [3.8, 4) is 0 Å². The average molecular weight is 264 g/mol. The summed E-state index contributed by atoms with van der Waals surface area (Å²) in [4.78, 5) is 24.9. The molecule has 0 atom stereocenters. The summed E-state index contributed by atoms with van der Waals surface area (Å²) in [5.41, 5.74) is 12.4. The first kappa shape index (κ1) is 14.8. The number of amides is 2. The van der Waals surface area contributed by atoms with Crippen molar-refractivity contribution in [3.05, 3.63) is 23.8 Å². The molecule has 0 spiro atoms. The fourth-order valence-electron chi connectivity index (χ4n) is 1.82. The van der Waals surface area contributed by atoms with Crippen LogP contribution in [-0.4, -0.2) is 31.4 Å². The van der Waals surface area contributed by atoms with Crippen LogP contribution in [0.3, 0.4) is 0 Å². The topological polar surface area (TPSA) is 101 Å². The second-order valence-corrected chi connectivity index (χ2v) is 4.11. The molecule has 0 unspecified atom stereocenters. The number of carbonyl (C=O) groups is 2. The zero-order valence-electron chi connectivity index (χ0n) is 11.3. The van der Waals surface area contributed by atoms with Crippen molar-refractivity contribution >= 4 is 23.2 Å².